The van der Waals surface area contributed by atoms with Gasteiger partial charge in [-0.1, -0.05) is 17.7 Å². The second-order valence-corrected chi connectivity index (χ2v) is 8.00. The van der Waals surface area contributed by atoms with Crippen LogP contribution in [-0.4, -0.2) is 13.5 Å². The Hall–Kier alpha value is -1.85. The van der Waals surface area contributed by atoms with E-state index in [1.165, 1.54) is 0 Å². The van der Waals surface area contributed by atoms with Crippen LogP contribution in [-0.2, 0) is 16.6 Å². The molecule has 0 amide bonds. The van der Waals surface area contributed by atoms with Gasteiger partial charge in [0.2, 0.25) is 0 Å². The number of anilines is 1. The van der Waals surface area contributed by atoms with Crippen LogP contribution in [0.3, 0.4) is 0 Å². The van der Waals surface area contributed by atoms with Crippen molar-refractivity contribution in [1.29, 1.82) is 0 Å². The van der Waals surface area contributed by atoms with Crippen molar-refractivity contribution < 1.29 is 13.5 Å². The number of rotatable bonds is 4. The van der Waals surface area contributed by atoms with Crippen LogP contribution in [0.2, 0.25) is 0 Å². The third kappa shape index (κ3) is 3.19. The molecule has 0 bridgehead atoms. The zero-order chi connectivity index (χ0) is 18.2. The third-order valence-electron chi connectivity index (χ3n) is 4.88. The molecule has 0 unspecified atom stereocenters. The average molecular weight is 347 g/mol. The summed E-state index contributed by atoms with van der Waals surface area (Å²) in [6.45, 7) is 11.3. The topological polar surface area (TPSA) is 66.4 Å². The zero-order valence-corrected chi connectivity index (χ0v) is 15.9. The van der Waals surface area contributed by atoms with E-state index in [-0.39, 0.29) is 6.61 Å². The first-order valence-electron chi connectivity index (χ1n) is 7.90. The lowest BCUT2D eigenvalue weighted by atomic mass is 9.95. The Morgan fingerprint density at radius 1 is 0.875 bits per heavy atom. The van der Waals surface area contributed by atoms with E-state index in [0.717, 1.165) is 33.4 Å². The first-order valence-corrected chi connectivity index (χ1v) is 9.38. The molecule has 4 nitrogen and oxygen atoms in total. The molecule has 2 N–H and O–H groups in total. The summed E-state index contributed by atoms with van der Waals surface area (Å²) in [5, 5.41) is 9.51. The number of sulfonamides is 1. The number of nitrogens with one attached hydrogen (secondary N) is 1. The van der Waals surface area contributed by atoms with Gasteiger partial charge in [0.05, 0.1) is 17.2 Å². The quantitative estimate of drug-likeness (QED) is 0.883. The van der Waals surface area contributed by atoms with Gasteiger partial charge in [0.25, 0.3) is 10.0 Å². The van der Waals surface area contributed by atoms with Crippen molar-refractivity contribution in [2.75, 3.05) is 4.72 Å². The lowest BCUT2D eigenvalue weighted by Crippen LogP contribution is -2.18. The van der Waals surface area contributed by atoms with Gasteiger partial charge in [-0.05, 0) is 75.4 Å². The normalized spacial score (nSPS) is 11.6. The molecule has 0 radical (unpaired) electrons. The summed E-state index contributed by atoms with van der Waals surface area (Å²) >= 11 is 0. The van der Waals surface area contributed by atoms with E-state index in [9.17, 15) is 13.5 Å². The summed E-state index contributed by atoms with van der Waals surface area (Å²) in [5.74, 6) is 0. The Labute approximate surface area is 144 Å². The molecule has 0 spiro atoms. The molecule has 0 atom stereocenters. The highest BCUT2D eigenvalue weighted by Crippen LogP contribution is 2.31. The van der Waals surface area contributed by atoms with Gasteiger partial charge in [-0.15, -0.1) is 0 Å². The van der Waals surface area contributed by atoms with Crippen molar-refractivity contribution in [3.05, 3.63) is 57.1 Å². The lowest BCUT2D eigenvalue weighted by Gasteiger charge is -2.20. The Kier molecular flexibility index (Phi) is 5.06. The number of hydrogen-bond acceptors (Lipinski definition) is 3. The van der Waals surface area contributed by atoms with Crippen LogP contribution < -0.4 is 4.72 Å². The summed E-state index contributed by atoms with van der Waals surface area (Å²) < 4.78 is 28.7. The van der Waals surface area contributed by atoms with Gasteiger partial charge in [-0.3, -0.25) is 4.72 Å². The molecule has 24 heavy (non-hydrogen) atoms. The first-order chi connectivity index (χ1) is 11.1. The molecule has 5 heteroatoms. The smallest absolute Gasteiger partial charge is 0.262 e. The number of benzene rings is 2. The van der Waals surface area contributed by atoms with E-state index in [2.05, 4.69) is 4.72 Å². The molecule has 130 valence electrons. The Morgan fingerprint density at radius 3 is 1.88 bits per heavy atom. The first kappa shape index (κ1) is 18.5. The molecule has 0 aliphatic heterocycles. The second-order valence-electron chi connectivity index (χ2n) is 6.38. The standard InChI is InChI=1S/C19H25NO3S/c1-11-7-8-18(17(9-11)10-21)20-24(22,23)19-15(5)13(3)12(2)14(4)16(19)6/h7-9,20-21H,10H2,1-6H3. The molecule has 0 aliphatic carbocycles. The van der Waals surface area contributed by atoms with Gasteiger partial charge in [0.15, 0.2) is 0 Å². The van der Waals surface area contributed by atoms with Crippen molar-refractivity contribution in [2.24, 2.45) is 0 Å². The highest BCUT2D eigenvalue weighted by atomic mass is 32.2. The third-order valence-corrected chi connectivity index (χ3v) is 6.51. The fourth-order valence-corrected chi connectivity index (χ4v) is 4.72. The number of aryl methyl sites for hydroxylation is 1. The summed E-state index contributed by atoms with van der Waals surface area (Å²) in [6, 6.07) is 5.29. The molecule has 2 rings (SSSR count). The van der Waals surface area contributed by atoms with Gasteiger partial charge < -0.3 is 5.11 Å². The van der Waals surface area contributed by atoms with Crippen molar-refractivity contribution in [1.82, 2.24) is 0 Å². The number of hydrogen-bond donors (Lipinski definition) is 2. The minimum atomic E-state index is -3.74. The second kappa shape index (κ2) is 6.57. The molecular weight excluding hydrogens is 322 g/mol. The maximum atomic E-state index is 13.0. The van der Waals surface area contributed by atoms with Gasteiger partial charge in [0.1, 0.15) is 0 Å². The van der Waals surface area contributed by atoms with Gasteiger partial charge in [-0.2, -0.15) is 0 Å². The molecule has 0 aliphatic rings. The van der Waals surface area contributed by atoms with Crippen LogP contribution in [0.5, 0.6) is 0 Å². The van der Waals surface area contributed by atoms with Crippen molar-refractivity contribution in [3.63, 3.8) is 0 Å². The largest absolute Gasteiger partial charge is 0.392 e. The van der Waals surface area contributed by atoms with E-state index in [1.807, 2.05) is 47.6 Å². The van der Waals surface area contributed by atoms with Crippen molar-refractivity contribution in [2.45, 2.75) is 53.0 Å². The van der Waals surface area contributed by atoms with Crippen molar-refractivity contribution in [3.8, 4) is 0 Å². The monoisotopic (exact) mass is 347 g/mol. The minimum Gasteiger partial charge on any atom is -0.392 e. The molecular formula is C19H25NO3S. The fourth-order valence-electron chi connectivity index (χ4n) is 3.02. The predicted octanol–water partition coefficient (Wildman–Crippen LogP) is 3.83. The minimum absolute atomic E-state index is 0.219. The van der Waals surface area contributed by atoms with Gasteiger partial charge in [-0.25, -0.2) is 8.42 Å². The summed E-state index contributed by atoms with van der Waals surface area (Å²) in [5.41, 5.74) is 6.58. The molecule has 0 aromatic heterocycles. The Bertz CT molecular complexity index is 870. The van der Waals surface area contributed by atoms with Crippen LogP contribution in [0.1, 0.15) is 38.9 Å². The summed E-state index contributed by atoms with van der Waals surface area (Å²) in [7, 11) is -3.74. The Balaban J connectivity index is 2.62. The highest BCUT2D eigenvalue weighted by Gasteiger charge is 2.24. The van der Waals surface area contributed by atoms with E-state index in [0.29, 0.717) is 16.1 Å². The van der Waals surface area contributed by atoms with Crippen LogP contribution in [0.15, 0.2) is 23.1 Å². The van der Waals surface area contributed by atoms with E-state index < -0.39 is 10.0 Å². The molecule has 0 heterocycles. The van der Waals surface area contributed by atoms with Gasteiger partial charge in [0, 0.05) is 5.56 Å². The van der Waals surface area contributed by atoms with Crippen LogP contribution in [0.25, 0.3) is 0 Å². The fraction of sp³-hybridized carbons (Fsp3) is 0.368. The molecule has 0 saturated carbocycles. The van der Waals surface area contributed by atoms with Crippen LogP contribution in [0, 0.1) is 41.5 Å². The maximum absolute atomic E-state index is 13.0. The summed E-state index contributed by atoms with van der Waals surface area (Å²) in [4.78, 5) is 0.326. The zero-order valence-electron chi connectivity index (χ0n) is 15.1. The number of aliphatic hydroxyl groups is 1. The van der Waals surface area contributed by atoms with E-state index in [4.69, 9.17) is 0 Å². The molecule has 2 aromatic rings. The predicted molar refractivity (Wildman–Crippen MR) is 98.0 cm³/mol. The molecule has 0 saturated heterocycles. The summed E-state index contributed by atoms with van der Waals surface area (Å²) in [6.07, 6.45) is 0. The van der Waals surface area contributed by atoms with Crippen LogP contribution >= 0.6 is 0 Å². The number of aliphatic hydroxyl groups excluding tert-OH is 1. The van der Waals surface area contributed by atoms with Crippen LogP contribution in [0.4, 0.5) is 5.69 Å². The molecule has 2 aromatic carbocycles. The van der Waals surface area contributed by atoms with Gasteiger partial charge >= 0.3 is 0 Å². The van der Waals surface area contributed by atoms with E-state index in [1.54, 1.807) is 12.1 Å². The average Bonchev–Trinajstić information content (AvgIpc) is 2.52. The van der Waals surface area contributed by atoms with E-state index >= 15 is 0 Å². The Morgan fingerprint density at radius 2 is 1.38 bits per heavy atom. The molecule has 0 fully saturated rings. The maximum Gasteiger partial charge on any atom is 0.262 e. The highest BCUT2D eigenvalue weighted by molar-refractivity contribution is 7.92. The SMILES string of the molecule is Cc1ccc(NS(=O)(=O)c2c(C)c(C)c(C)c(C)c2C)c(CO)c1. The van der Waals surface area contributed by atoms with Crippen molar-refractivity contribution >= 4 is 15.7 Å². The lowest BCUT2D eigenvalue weighted by molar-refractivity contribution is 0.282.